The lowest BCUT2D eigenvalue weighted by atomic mass is 10.1. The zero-order valence-corrected chi connectivity index (χ0v) is 11.2. The first kappa shape index (κ1) is 10.9. The van der Waals surface area contributed by atoms with Gasteiger partial charge in [-0.3, -0.25) is 0 Å². The fourth-order valence-corrected chi connectivity index (χ4v) is 3.81. The van der Waals surface area contributed by atoms with Crippen molar-refractivity contribution in [2.24, 2.45) is 0 Å². The van der Waals surface area contributed by atoms with Gasteiger partial charge in [0.1, 0.15) is 0 Å². The normalized spacial score (nSPS) is 10.8. The van der Waals surface area contributed by atoms with Crippen LogP contribution in [0, 0.1) is 6.92 Å². The molecule has 0 aliphatic rings. The minimum Gasteiger partial charge on any atom is -0.0737 e. The fraction of sp³-hybridized carbons (Fsp3) is 0.400. The van der Waals surface area contributed by atoms with E-state index in [1.807, 2.05) is 0 Å². The Balaban J connectivity index is 2.41. The minimum atomic E-state index is -0.0952. The summed E-state index contributed by atoms with van der Waals surface area (Å²) in [5, 5.41) is 0. The van der Waals surface area contributed by atoms with Gasteiger partial charge in [-0.15, -0.1) is 0 Å². The van der Waals surface area contributed by atoms with Crippen molar-refractivity contribution in [3.05, 3.63) is 35.4 Å². The molecule has 0 heterocycles. The number of aryl methyl sites for hydroxylation is 2. The Hall–Kier alpha value is -0.129. The molecule has 6 radical (unpaired) electrons. The Morgan fingerprint density at radius 1 is 1.31 bits per heavy atom. The van der Waals surface area contributed by atoms with Crippen LogP contribution in [0.1, 0.15) is 11.1 Å². The number of benzene rings is 1. The second-order valence-corrected chi connectivity index (χ2v) is 11.3. The summed E-state index contributed by atoms with van der Waals surface area (Å²) in [7, 11) is 4.51. The van der Waals surface area contributed by atoms with Crippen molar-refractivity contribution < 1.29 is 0 Å². The van der Waals surface area contributed by atoms with Gasteiger partial charge in [-0.05, 0) is 18.9 Å². The molecule has 0 aliphatic carbocycles. The third kappa shape index (κ3) is 4.06. The predicted molar refractivity (Wildman–Crippen MR) is 62.8 cm³/mol. The molecule has 0 saturated carbocycles. The van der Waals surface area contributed by atoms with E-state index in [0.29, 0.717) is 0 Å². The summed E-state index contributed by atoms with van der Waals surface area (Å²) in [4.78, 5) is 0. The standard InChI is InChI=1S/C10H14Si3/c1-9-3-5-10(6-4-9)7-8-13(2)12-11/h3-6H,7-8H2,1-2H3. The summed E-state index contributed by atoms with van der Waals surface area (Å²) in [6.45, 7) is 4.53. The smallest absolute Gasteiger partial charge is 0.0274 e. The van der Waals surface area contributed by atoms with E-state index in [0.717, 1.165) is 8.55 Å². The van der Waals surface area contributed by atoms with Gasteiger partial charge in [0.25, 0.3) is 0 Å². The summed E-state index contributed by atoms with van der Waals surface area (Å²) < 4.78 is 0. The third-order valence-corrected chi connectivity index (χ3v) is 9.42. The van der Waals surface area contributed by atoms with Crippen LogP contribution in [0.25, 0.3) is 0 Å². The van der Waals surface area contributed by atoms with Crippen LogP contribution >= 0.6 is 0 Å². The van der Waals surface area contributed by atoms with Crippen LogP contribution in [0.5, 0.6) is 0 Å². The van der Waals surface area contributed by atoms with Crippen LogP contribution < -0.4 is 0 Å². The fourth-order valence-electron chi connectivity index (χ4n) is 1.15. The summed E-state index contributed by atoms with van der Waals surface area (Å²) in [6.07, 6.45) is 1.25. The van der Waals surface area contributed by atoms with Gasteiger partial charge in [-0.25, -0.2) is 0 Å². The SMILES string of the molecule is Cc1ccc(CC[Si](C)[Si][Si])cc1. The largest absolute Gasteiger partial charge is 0.0737 e. The molecule has 0 aliphatic heterocycles. The predicted octanol–water partition coefficient (Wildman–Crippen LogP) is 1.95. The third-order valence-electron chi connectivity index (χ3n) is 2.12. The van der Waals surface area contributed by atoms with Gasteiger partial charge >= 0.3 is 0 Å². The summed E-state index contributed by atoms with van der Waals surface area (Å²) in [5.74, 6) is 0. The highest BCUT2D eigenvalue weighted by Crippen LogP contribution is 2.07. The van der Waals surface area contributed by atoms with E-state index in [1.165, 1.54) is 23.6 Å². The molecule has 3 heteroatoms. The average Bonchev–Trinajstić information content (AvgIpc) is 2.16. The Morgan fingerprint density at radius 2 is 1.92 bits per heavy atom. The summed E-state index contributed by atoms with van der Waals surface area (Å²) in [5.41, 5.74) is 2.84. The Kier molecular flexibility index (Phi) is 4.69. The highest BCUT2D eigenvalue weighted by Gasteiger charge is 2.01. The molecule has 0 bridgehead atoms. The van der Waals surface area contributed by atoms with Crippen LogP contribution in [0.2, 0.25) is 12.6 Å². The van der Waals surface area contributed by atoms with Gasteiger partial charge in [0.15, 0.2) is 0 Å². The van der Waals surface area contributed by atoms with Gasteiger partial charge in [0.05, 0.1) is 0 Å². The molecule has 0 fully saturated rings. The van der Waals surface area contributed by atoms with E-state index in [9.17, 15) is 0 Å². The maximum absolute atomic E-state index is 3.62. The molecule has 0 saturated heterocycles. The molecular weight excluding hydrogens is 204 g/mol. The van der Waals surface area contributed by atoms with Gasteiger partial charge in [0.2, 0.25) is 0 Å². The van der Waals surface area contributed by atoms with Crippen molar-refractivity contribution in [3.8, 4) is 0 Å². The first-order chi connectivity index (χ1) is 6.22. The lowest BCUT2D eigenvalue weighted by Crippen LogP contribution is -2.18. The van der Waals surface area contributed by atoms with Crippen LogP contribution in [-0.2, 0) is 6.42 Å². The zero-order chi connectivity index (χ0) is 9.68. The number of hydrogen-bond donors (Lipinski definition) is 0. The van der Waals surface area contributed by atoms with Crippen LogP contribution in [0.15, 0.2) is 24.3 Å². The lowest BCUT2D eigenvalue weighted by molar-refractivity contribution is 1.12. The van der Waals surface area contributed by atoms with Crippen molar-refractivity contribution in [2.45, 2.75) is 25.9 Å². The van der Waals surface area contributed by atoms with Crippen molar-refractivity contribution in [2.75, 3.05) is 0 Å². The average molecular weight is 218 g/mol. The topological polar surface area (TPSA) is 0 Å². The molecule has 0 aromatic heterocycles. The molecule has 1 aromatic rings. The van der Waals surface area contributed by atoms with Gasteiger partial charge in [-0.2, -0.15) is 0 Å². The van der Waals surface area contributed by atoms with Crippen LogP contribution in [0.3, 0.4) is 0 Å². The molecule has 0 amide bonds. The van der Waals surface area contributed by atoms with Crippen LogP contribution in [0.4, 0.5) is 0 Å². The van der Waals surface area contributed by atoms with E-state index >= 15 is 0 Å². The molecule has 66 valence electrons. The molecule has 0 N–H and O–H groups in total. The van der Waals surface area contributed by atoms with E-state index < -0.39 is 0 Å². The van der Waals surface area contributed by atoms with Crippen molar-refractivity contribution >= 4 is 26.6 Å². The molecule has 1 aromatic carbocycles. The Bertz CT molecular complexity index is 243. The Morgan fingerprint density at radius 3 is 2.46 bits per heavy atom. The zero-order valence-electron chi connectivity index (χ0n) is 8.22. The van der Waals surface area contributed by atoms with Crippen molar-refractivity contribution in [1.82, 2.24) is 0 Å². The molecule has 0 nitrogen and oxygen atoms in total. The van der Waals surface area contributed by atoms with E-state index in [-0.39, 0.29) is 8.31 Å². The monoisotopic (exact) mass is 218 g/mol. The molecule has 0 atom stereocenters. The quantitative estimate of drug-likeness (QED) is 0.678. The molecule has 0 unspecified atom stereocenters. The second kappa shape index (κ2) is 5.57. The van der Waals surface area contributed by atoms with Crippen LogP contribution in [-0.4, -0.2) is 26.6 Å². The summed E-state index contributed by atoms with van der Waals surface area (Å²) >= 11 is 0. The summed E-state index contributed by atoms with van der Waals surface area (Å²) in [6, 6.07) is 10.3. The van der Waals surface area contributed by atoms with E-state index in [2.05, 4.69) is 47.5 Å². The lowest BCUT2D eigenvalue weighted by Gasteiger charge is -2.05. The van der Waals surface area contributed by atoms with Gasteiger partial charge in [-0.1, -0.05) is 42.4 Å². The Labute approximate surface area is 88.2 Å². The molecular formula is C10H14Si3. The second-order valence-electron chi connectivity index (χ2n) is 3.39. The highest BCUT2D eigenvalue weighted by atomic mass is 29.5. The van der Waals surface area contributed by atoms with Gasteiger partial charge in [0, 0.05) is 26.6 Å². The number of hydrogen-bond acceptors (Lipinski definition) is 0. The molecule has 0 spiro atoms. The minimum absolute atomic E-state index is 0.0952. The maximum Gasteiger partial charge on any atom is 0.0274 e. The van der Waals surface area contributed by atoms with Gasteiger partial charge < -0.3 is 0 Å². The molecule has 1 rings (SSSR count). The first-order valence-electron chi connectivity index (χ1n) is 4.53. The maximum atomic E-state index is 3.62. The van der Waals surface area contributed by atoms with E-state index in [1.54, 1.807) is 0 Å². The van der Waals surface area contributed by atoms with Crippen molar-refractivity contribution in [1.29, 1.82) is 0 Å². The first-order valence-corrected chi connectivity index (χ1v) is 10.2. The van der Waals surface area contributed by atoms with E-state index in [4.69, 9.17) is 0 Å². The number of rotatable bonds is 4. The molecule has 13 heavy (non-hydrogen) atoms. The van der Waals surface area contributed by atoms with Crippen molar-refractivity contribution in [3.63, 3.8) is 0 Å². The highest BCUT2D eigenvalue weighted by molar-refractivity contribution is 7.31.